The first-order chi connectivity index (χ1) is 15.9. The molecule has 3 heterocycles. The number of hydrogen-bond donors (Lipinski definition) is 0. The third kappa shape index (κ3) is 3.16. The molecule has 9 nitrogen and oxygen atoms in total. The Morgan fingerprint density at radius 1 is 1.03 bits per heavy atom. The maximum absolute atomic E-state index is 13.3. The van der Waals surface area contributed by atoms with Crippen LogP contribution >= 0.6 is 0 Å². The van der Waals surface area contributed by atoms with Gasteiger partial charge in [-0.1, -0.05) is 48.0 Å². The van der Waals surface area contributed by atoms with E-state index in [2.05, 4.69) is 9.72 Å². The van der Waals surface area contributed by atoms with Crippen LogP contribution in [0.3, 0.4) is 0 Å². The molecular formula is C24H21N5O4. The molecule has 9 heteroatoms. The van der Waals surface area contributed by atoms with Gasteiger partial charge in [0, 0.05) is 24.5 Å². The molecule has 0 aliphatic rings. The summed E-state index contributed by atoms with van der Waals surface area (Å²) in [6.45, 7) is 1.53. The third-order valence-corrected chi connectivity index (χ3v) is 5.73. The van der Waals surface area contributed by atoms with Gasteiger partial charge in [-0.15, -0.1) is 0 Å². The monoisotopic (exact) mass is 443 g/mol. The Labute approximate surface area is 187 Å². The van der Waals surface area contributed by atoms with Gasteiger partial charge in [-0.2, -0.15) is 4.98 Å². The highest BCUT2D eigenvalue weighted by Gasteiger charge is 2.23. The predicted octanol–water partition coefficient (Wildman–Crippen LogP) is 2.29. The van der Waals surface area contributed by atoms with Crippen molar-refractivity contribution >= 4 is 22.9 Å². The van der Waals surface area contributed by atoms with E-state index in [-0.39, 0.29) is 11.2 Å². The molecule has 0 radical (unpaired) electrons. The standard InChI is InChI=1S/C24H21N5O4/c1-15-9-11-17(12-10-15)29-18(16-7-5-4-6-8-16)13-27-20-21(25-23(27)29)26(2)24(32)28(22(20)31)14-19(30)33-3/h4-13H,14H2,1-3H3. The summed E-state index contributed by atoms with van der Waals surface area (Å²) in [5.74, 6) is -0.202. The zero-order valence-corrected chi connectivity index (χ0v) is 18.3. The summed E-state index contributed by atoms with van der Waals surface area (Å²) in [6, 6.07) is 17.7. The Morgan fingerprint density at radius 2 is 1.73 bits per heavy atom. The van der Waals surface area contributed by atoms with E-state index < -0.39 is 23.8 Å². The average Bonchev–Trinajstić information content (AvgIpc) is 3.38. The molecule has 0 aliphatic carbocycles. The Balaban J connectivity index is 1.90. The number of hydrogen-bond acceptors (Lipinski definition) is 5. The van der Waals surface area contributed by atoms with Gasteiger partial charge in [-0.25, -0.2) is 9.36 Å². The molecule has 33 heavy (non-hydrogen) atoms. The quantitative estimate of drug-likeness (QED) is 0.398. The van der Waals surface area contributed by atoms with Crippen LogP contribution in [-0.4, -0.2) is 36.2 Å². The molecule has 0 N–H and O–H groups in total. The van der Waals surface area contributed by atoms with Crippen LogP contribution in [0.25, 0.3) is 33.9 Å². The van der Waals surface area contributed by atoms with Gasteiger partial charge >= 0.3 is 11.7 Å². The van der Waals surface area contributed by atoms with Crippen LogP contribution in [0.5, 0.6) is 0 Å². The van der Waals surface area contributed by atoms with Gasteiger partial charge in [0.15, 0.2) is 11.2 Å². The number of aryl methyl sites for hydroxylation is 2. The number of rotatable bonds is 4. The van der Waals surface area contributed by atoms with E-state index in [0.29, 0.717) is 5.78 Å². The molecule has 0 unspecified atom stereocenters. The SMILES string of the molecule is COC(=O)Cn1c(=O)c2c(nc3n(-c4ccc(C)cc4)c(-c4ccccc4)cn23)n(C)c1=O. The van der Waals surface area contributed by atoms with Crippen LogP contribution in [0.2, 0.25) is 0 Å². The van der Waals surface area contributed by atoms with Crippen molar-refractivity contribution in [2.45, 2.75) is 13.5 Å². The number of nitrogens with zero attached hydrogens (tertiary/aromatic N) is 5. The van der Waals surface area contributed by atoms with Crippen LogP contribution in [-0.2, 0) is 23.1 Å². The lowest BCUT2D eigenvalue weighted by molar-refractivity contribution is -0.141. The zero-order chi connectivity index (χ0) is 23.3. The maximum atomic E-state index is 13.3. The van der Waals surface area contributed by atoms with E-state index in [1.54, 1.807) is 4.40 Å². The van der Waals surface area contributed by atoms with E-state index in [0.717, 1.165) is 27.1 Å². The van der Waals surface area contributed by atoms with E-state index >= 15 is 0 Å². The fraction of sp³-hybridized carbons (Fsp3) is 0.167. The normalized spacial score (nSPS) is 11.4. The Kier molecular flexibility index (Phi) is 4.74. The largest absolute Gasteiger partial charge is 0.468 e. The van der Waals surface area contributed by atoms with Crippen LogP contribution < -0.4 is 11.2 Å². The molecule has 0 saturated heterocycles. The molecule has 3 aromatic heterocycles. The highest BCUT2D eigenvalue weighted by Crippen LogP contribution is 2.28. The van der Waals surface area contributed by atoms with E-state index in [9.17, 15) is 14.4 Å². The van der Waals surface area contributed by atoms with Crippen molar-refractivity contribution in [1.29, 1.82) is 0 Å². The number of carbonyl (C=O) groups excluding carboxylic acids is 1. The summed E-state index contributed by atoms with van der Waals surface area (Å²) in [5.41, 5.74) is 2.96. The molecular weight excluding hydrogens is 422 g/mol. The second-order valence-electron chi connectivity index (χ2n) is 7.81. The van der Waals surface area contributed by atoms with Gasteiger partial charge in [-0.3, -0.25) is 23.1 Å². The summed E-state index contributed by atoms with van der Waals surface area (Å²) in [6.07, 6.45) is 1.83. The number of esters is 1. The Hall–Kier alpha value is -4.40. The summed E-state index contributed by atoms with van der Waals surface area (Å²) in [7, 11) is 2.74. The lowest BCUT2D eigenvalue weighted by Crippen LogP contribution is -2.41. The first-order valence-corrected chi connectivity index (χ1v) is 10.3. The average molecular weight is 443 g/mol. The van der Waals surface area contributed by atoms with Crippen LogP contribution in [0.4, 0.5) is 0 Å². The van der Waals surface area contributed by atoms with Crippen molar-refractivity contribution in [2.75, 3.05) is 7.11 Å². The topological polar surface area (TPSA) is 92.5 Å². The molecule has 0 saturated carbocycles. The minimum Gasteiger partial charge on any atom is -0.468 e. The molecule has 0 spiro atoms. The van der Waals surface area contributed by atoms with E-state index in [1.807, 2.05) is 72.3 Å². The van der Waals surface area contributed by atoms with E-state index in [1.165, 1.54) is 18.7 Å². The van der Waals surface area contributed by atoms with Crippen LogP contribution in [0, 0.1) is 6.92 Å². The Morgan fingerprint density at radius 3 is 2.39 bits per heavy atom. The number of ether oxygens (including phenoxy) is 1. The summed E-state index contributed by atoms with van der Waals surface area (Å²) in [5, 5.41) is 0. The van der Waals surface area contributed by atoms with Gasteiger partial charge in [0.25, 0.3) is 5.56 Å². The first kappa shape index (κ1) is 20.5. The number of aromatic nitrogens is 5. The van der Waals surface area contributed by atoms with Crippen molar-refractivity contribution in [3.63, 3.8) is 0 Å². The second-order valence-corrected chi connectivity index (χ2v) is 7.81. The fourth-order valence-electron chi connectivity index (χ4n) is 3.99. The predicted molar refractivity (Wildman–Crippen MR) is 124 cm³/mol. The number of methoxy groups -OCH3 is 1. The van der Waals surface area contributed by atoms with Crippen molar-refractivity contribution < 1.29 is 9.53 Å². The van der Waals surface area contributed by atoms with Gasteiger partial charge in [0.2, 0.25) is 5.78 Å². The smallest absolute Gasteiger partial charge is 0.333 e. The van der Waals surface area contributed by atoms with Gasteiger partial charge in [0.1, 0.15) is 6.54 Å². The van der Waals surface area contributed by atoms with Crippen molar-refractivity contribution in [2.24, 2.45) is 7.05 Å². The van der Waals surface area contributed by atoms with Crippen molar-refractivity contribution in [1.82, 2.24) is 23.1 Å². The highest BCUT2D eigenvalue weighted by atomic mass is 16.5. The van der Waals surface area contributed by atoms with Crippen molar-refractivity contribution in [3.8, 4) is 16.9 Å². The molecule has 0 aliphatic heterocycles. The fourth-order valence-corrected chi connectivity index (χ4v) is 3.99. The summed E-state index contributed by atoms with van der Waals surface area (Å²) < 4.78 is 10.4. The molecule has 0 fully saturated rings. The highest BCUT2D eigenvalue weighted by molar-refractivity contribution is 5.80. The number of fused-ring (bicyclic) bond motifs is 3. The molecule has 0 atom stereocenters. The summed E-state index contributed by atoms with van der Waals surface area (Å²) >= 11 is 0. The van der Waals surface area contributed by atoms with Gasteiger partial charge in [-0.05, 0) is 19.1 Å². The third-order valence-electron chi connectivity index (χ3n) is 5.73. The molecule has 0 bridgehead atoms. The molecule has 2 aromatic carbocycles. The molecule has 0 amide bonds. The van der Waals surface area contributed by atoms with Crippen LogP contribution in [0.1, 0.15) is 5.56 Å². The molecule has 166 valence electrons. The summed E-state index contributed by atoms with van der Waals surface area (Å²) in [4.78, 5) is 42.6. The number of carbonyl (C=O) groups is 1. The number of imidazole rings is 2. The van der Waals surface area contributed by atoms with E-state index in [4.69, 9.17) is 0 Å². The minimum absolute atomic E-state index is 0.207. The minimum atomic E-state index is -0.684. The molecule has 5 aromatic rings. The number of benzene rings is 2. The second kappa shape index (κ2) is 7.63. The van der Waals surface area contributed by atoms with Gasteiger partial charge < -0.3 is 4.74 Å². The lowest BCUT2D eigenvalue weighted by atomic mass is 10.1. The Bertz CT molecular complexity index is 1640. The van der Waals surface area contributed by atoms with Crippen molar-refractivity contribution in [3.05, 3.63) is 87.2 Å². The first-order valence-electron chi connectivity index (χ1n) is 10.3. The zero-order valence-electron chi connectivity index (χ0n) is 18.3. The van der Waals surface area contributed by atoms with Crippen LogP contribution in [0.15, 0.2) is 70.4 Å². The van der Waals surface area contributed by atoms with Gasteiger partial charge in [0.05, 0.1) is 12.8 Å². The lowest BCUT2D eigenvalue weighted by Gasteiger charge is -2.09. The maximum Gasteiger partial charge on any atom is 0.333 e. The molecule has 5 rings (SSSR count).